The van der Waals surface area contributed by atoms with Crippen molar-refractivity contribution in [3.05, 3.63) is 0 Å². The van der Waals surface area contributed by atoms with Crippen molar-refractivity contribution in [3.63, 3.8) is 0 Å². The highest BCUT2D eigenvalue weighted by molar-refractivity contribution is 5.76. The summed E-state index contributed by atoms with van der Waals surface area (Å²) in [7, 11) is 0. The summed E-state index contributed by atoms with van der Waals surface area (Å²) in [6, 6.07) is 1.05. The summed E-state index contributed by atoms with van der Waals surface area (Å²) in [5.41, 5.74) is 0. The molecule has 3 heteroatoms. The molecule has 0 aliphatic carbocycles. The monoisotopic (exact) mass is 266 g/mol. The smallest absolute Gasteiger partial charge is 0.222 e. The van der Waals surface area contributed by atoms with Gasteiger partial charge in [0.25, 0.3) is 0 Å². The number of carbonyl (C=O) groups excluding carboxylic acids is 1. The highest BCUT2D eigenvalue weighted by atomic mass is 16.2. The third-order valence-electron chi connectivity index (χ3n) is 4.68. The Morgan fingerprint density at radius 2 is 2.05 bits per heavy atom. The van der Waals surface area contributed by atoms with Crippen molar-refractivity contribution >= 4 is 5.91 Å². The van der Waals surface area contributed by atoms with Crippen molar-refractivity contribution in [3.8, 4) is 0 Å². The Morgan fingerprint density at radius 1 is 1.16 bits per heavy atom. The first kappa shape index (κ1) is 14.8. The van der Waals surface area contributed by atoms with Gasteiger partial charge in [0.15, 0.2) is 0 Å². The Labute approximate surface area is 118 Å². The minimum Gasteiger partial charge on any atom is -0.338 e. The van der Waals surface area contributed by atoms with Gasteiger partial charge in [-0.15, -0.1) is 0 Å². The molecule has 0 saturated carbocycles. The third kappa shape index (κ3) is 4.20. The van der Waals surface area contributed by atoms with Crippen LogP contribution < -0.4 is 5.32 Å². The van der Waals surface area contributed by atoms with Crippen LogP contribution in [0, 0.1) is 0 Å². The Bertz CT molecular complexity index is 274. The van der Waals surface area contributed by atoms with Gasteiger partial charge in [-0.3, -0.25) is 4.79 Å². The molecule has 2 heterocycles. The normalized spacial score (nSPS) is 27.7. The topological polar surface area (TPSA) is 32.3 Å². The molecule has 0 aromatic carbocycles. The molecule has 0 radical (unpaired) electrons. The first-order chi connectivity index (χ1) is 9.33. The number of unbranched alkanes of at least 4 members (excludes halogenated alkanes) is 3. The van der Waals surface area contributed by atoms with Gasteiger partial charge in [0.2, 0.25) is 5.91 Å². The van der Waals surface area contributed by atoms with Crippen LogP contribution in [0.15, 0.2) is 0 Å². The van der Waals surface area contributed by atoms with Crippen LogP contribution in [0.5, 0.6) is 0 Å². The van der Waals surface area contributed by atoms with Crippen molar-refractivity contribution in [1.29, 1.82) is 0 Å². The molecular weight excluding hydrogens is 236 g/mol. The second-order valence-corrected chi connectivity index (χ2v) is 6.16. The molecule has 0 spiro atoms. The third-order valence-corrected chi connectivity index (χ3v) is 4.68. The van der Waals surface area contributed by atoms with E-state index in [0.29, 0.717) is 18.0 Å². The molecular formula is C16H30N2O. The summed E-state index contributed by atoms with van der Waals surface area (Å²) < 4.78 is 0. The van der Waals surface area contributed by atoms with Crippen LogP contribution in [0.1, 0.15) is 71.1 Å². The average molecular weight is 266 g/mol. The van der Waals surface area contributed by atoms with E-state index in [4.69, 9.17) is 0 Å². The molecule has 3 nitrogen and oxygen atoms in total. The van der Waals surface area contributed by atoms with Crippen molar-refractivity contribution < 1.29 is 4.79 Å². The van der Waals surface area contributed by atoms with Gasteiger partial charge < -0.3 is 10.2 Å². The number of nitrogens with one attached hydrogen (secondary N) is 1. The second kappa shape index (κ2) is 7.88. The fraction of sp³-hybridized carbons (Fsp3) is 0.938. The van der Waals surface area contributed by atoms with Crippen molar-refractivity contribution in [1.82, 2.24) is 10.2 Å². The van der Waals surface area contributed by atoms with E-state index in [1.54, 1.807) is 0 Å². The molecule has 2 aliphatic rings. The van der Waals surface area contributed by atoms with Gasteiger partial charge in [-0.05, 0) is 45.1 Å². The molecule has 110 valence electrons. The lowest BCUT2D eigenvalue weighted by molar-refractivity contribution is -0.135. The Hall–Kier alpha value is -0.570. The maximum absolute atomic E-state index is 12.4. The van der Waals surface area contributed by atoms with Gasteiger partial charge in [0.1, 0.15) is 0 Å². The lowest BCUT2D eigenvalue weighted by Gasteiger charge is -2.39. The number of likely N-dealkylation sites (tertiary alicyclic amines) is 1. The van der Waals surface area contributed by atoms with E-state index in [0.717, 1.165) is 25.9 Å². The number of piperidine rings is 1. The van der Waals surface area contributed by atoms with E-state index in [-0.39, 0.29) is 0 Å². The van der Waals surface area contributed by atoms with E-state index in [2.05, 4.69) is 17.1 Å². The fourth-order valence-corrected chi connectivity index (χ4v) is 3.57. The van der Waals surface area contributed by atoms with Crippen molar-refractivity contribution in [2.45, 2.75) is 83.2 Å². The predicted molar refractivity (Wildman–Crippen MR) is 79.1 cm³/mol. The zero-order valence-electron chi connectivity index (χ0n) is 12.5. The van der Waals surface area contributed by atoms with Gasteiger partial charge in [0.05, 0.1) is 0 Å². The Morgan fingerprint density at radius 3 is 2.79 bits per heavy atom. The summed E-state index contributed by atoms with van der Waals surface area (Å²) in [4.78, 5) is 14.6. The van der Waals surface area contributed by atoms with Crippen LogP contribution >= 0.6 is 0 Å². The summed E-state index contributed by atoms with van der Waals surface area (Å²) in [6.45, 7) is 4.35. The Balaban J connectivity index is 1.82. The largest absolute Gasteiger partial charge is 0.338 e. The van der Waals surface area contributed by atoms with Crippen LogP contribution in [-0.4, -0.2) is 36.0 Å². The molecule has 2 fully saturated rings. The van der Waals surface area contributed by atoms with Crippen molar-refractivity contribution in [2.24, 2.45) is 0 Å². The zero-order chi connectivity index (χ0) is 13.5. The maximum Gasteiger partial charge on any atom is 0.222 e. The molecule has 1 N–H and O–H groups in total. The number of amides is 1. The molecule has 1 amide bonds. The summed E-state index contributed by atoms with van der Waals surface area (Å²) in [6.07, 6.45) is 11.8. The zero-order valence-corrected chi connectivity index (χ0v) is 12.5. The number of hydrogen-bond acceptors (Lipinski definition) is 2. The minimum absolute atomic E-state index is 0.412. The molecule has 2 saturated heterocycles. The summed E-state index contributed by atoms with van der Waals surface area (Å²) in [5, 5.41) is 3.59. The predicted octanol–water partition coefficient (Wildman–Crippen LogP) is 3.09. The highest BCUT2D eigenvalue weighted by Gasteiger charge is 2.33. The summed E-state index contributed by atoms with van der Waals surface area (Å²) in [5.74, 6) is 0.412. The molecule has 0 bridgehead atoms. The number of carbonyl (C=O) groups is 1. The van der Waals surface area contributed by atoms with Crippen LogP contribution in [0.4, 0.5) is 0 Å². The molecule has 19 heavy (non-hydrogen) atoms. The van der Waals surface area contributed by atoms with E-state index in [9.17, 15) is 4.79 Å². The SMILES string of the molecule is CCCCCCC(=O)N1CCCCC1C1CCCN1. The fourth-order valence-electron chi connectivity index (χ4n) is 3.57. The lowest BCUT2D eigenvalue weighted by atomic mass is 9.94. The molecule has 2 atom stereocenters. The second-order valence-electron chi connectivity index (χ2n) is 6.16. The molecule has 2 unspecified atom stereocenters. The standard InChI is InChI=1S/C16H30N2O/c1-2-3-4-5-11-16(19)18-13-7-6-10-15(18)14-9-8-12-17-14/h14-15,17H,2-13H2,1H3. The van der Waals surface area contributed by atoms with Gasteiger partial charge in [-0.1, -0.05) is 26.2 Å². The summed E-state index contributed by atoms with van der Waals surface area (Å²) >= 11 is 0. The molecule has 0 aromatic rings. The first-order valence-electron chi connectivity index (χ1n) is 8.35. The molecule has 0 aromatic heterocycles. The van der Waals surface area contributed by atoms with Crippen LogP contribution in [-0.2, 0) is 4.79 Å². The van der Waals surface area contributed by atoms with Crippen LogP contribution in [0.3, 0.4) is 0 Å². The number of nitrogens with zero attached hydrogens (tertiary/aromatic N) is 1. The van der Waals surface area contributed by atoms with Crippen LogP contribution in [0.25, 0.3) is 0 Å². The quantitative estimate of drug-likeness (QED) is 0.749. The van der Waals surface area contributed by atoms with Gasteiger partial charge in [0, 0.05) is 25.0 Å². The molecule has 2 rings (SSSR count). The van der Waals surface area contributed by atoms with Gasteiger partial charge >= 0.3 is 0 Å². The van der Waals surface area contributed by atoms with Crippen LogP contribution in [0.2, 0.25) is 0 Å². The van der Waals surface area contributed by atoms with Gasteiger partial charge in [-0.2, -0.15) is 0 Å². The Kier molecular flexibility index (Phi) is 6.15. The maximum atomic E-state index is 12.4. The first-order valence-corrected chi connectivity index (χ1v) is 8.35. The van der Waals surface area contributed by atoms with E-state index in [1.807, 2.05) is 0 Å². The number of rotatable bonds is 6. The van der Waals surface area contributed by atoms with Gasteiger partial charge in [-0.25, -0.2) is 0 Å². The van der Waals surface area contributed by atoms with E-state index in [1.165, 1.54) is 51.4 Å². The highest BCUT2D eigenvalue weighted by Crippen LogP contribution is 2.25. The number of hydrogen-bond donors (Lipinski definition) is 1. The average Bonchev–Trinajstić information content (AvgIpc) is 2.97. The van der Waals surface area contributed by atoms with Crippen molar-refractivity contribution in [2.75, 3.05) is 13.1 Å². The van der Waals surface area contributed by atoms with E-state index < -0.39 is 0 Å². The van der Waals surface area contributed by atoms with E-state index >= 15 is 0 Å². The molecule has 2 aliphatic heterocycles. The minimum atomic E-state index is 0.412. The lowest BCUT2D eigenvalue weighted by Crippen LogP contribution is -2.52.